The van der Waals surface area contributed by atoms with Crippen LogP contribution in [-0.2, 0) is 4.79 Å². The summed E-state index contributed by atoms with van der Waals surface area (Å²) < 4.78 is 0.690. The molecule has 1 rings (SSSR count). The third-order valence-electron chi connectivity index (χ3n) is 3.26. The third-order valence-corrected chi connectivity index (χ3v) is 4.08. The summed E-state index contributed by atoms with van der Waals surface area (Å²) in [6.07, 6.45) is 2.23. The van der Waals surface area contributed by atoms with E-state index in [1.807, 2.05) is 36.4 Å². The van der Waals surface area contributed by atoms with Crippen LogP contribution in [0.15, 0.2) is 34.8 Å². The molecule has 0 spiro atoms. The van der Waals surface area contributed by atoms with Crippen LogP contribution in [0.1, 0.15) is 25.8 Å². The van der Waals surface area contributed by atoms with E-state index < -0.39 is 5.92 Å². The first-order valence-corrected chi connectivity index (χ1v) is 7.31. The fraction of sp³-hybridized carbons (Fsp3) is 0.400. The average molecular weight is 340 g/mol. The highest BCUT2D eigenvalue weighted by Gasteiger charge is 2.29. The van der Waals surface area contributed by atoms with E-state index in [2.05, 4.69) is 15.9 Å². The lowest BCUT2D eigenvalue weighted by molar-refractivity contribution is -0.487. The first-order valence-electron chi connectivity index (χ1n) is 6.52. The highest BCUT2D eigenvalue weighted by atomic mass is 79.9. The zero-order valence-electron chi connectivity index (χ0n) is 11.6. The first kappa shape index (κ1) is 16.6. The molecule has 0 aliphatic rings. The second-order valence-corrected chi connectivity index (χ2v) is 5.59. The average Bonchev–Trinajstić information content (AvgIpc) is 2.43. The summed E-state index contributed by atoms with van der Waals surface area (Å²) in [6.45, 7) is 3.27. The summed E-state index contributed by atoms with van der Waals surface area (Å²) in [7, 11) is 0. The van der Waals surface area contributed by atoms with Crippen LogP contribution in [0.25, 0.3) is 6.08 Å². The van der Waals surface area contributed by atoms with Crippen LogP contribution in [0.4, 0.5) is 0 Å². The summed E-state index contributed by atoms with van der Waals surface area (Å²) in [5, 5.41) is 10.8. The molecule has 0 radical (unpaired) electrons. The minimum absolute atomic E-state index is 0.0373. The van der Waals surface area contributed by atoms with Crippen molar-refractivity contribution in [2.75, 3.05) is 6.54 Å². The molecule has 0 heterocycles. The maximum Gasteiger partial charge on any atom is 0.211 e. The minimum atomic E-state index is -0.433. The molecule has 2 atom stereocenters. The molecule has 20 heavy (non-hydrogen) atoms. The Morgan fingerprint density at radius 2 is 2.00 bits per heavy atom. The Bertz CT molecular complexity index is 499. The predicted molar refractivity (Wildman–Crippen MR) is 83.2 cm³/mol. The van der Waals surface area contributed by atoms with Gasteiger partial charge in [-0.1, -0.05) is 60.1 Å². The van der Waals surface area contributed by atoms with E-state index in [4.69, 9.17) is 0 Å². The van der Waals surface area contributed by atoms with E-state index in [0.717, 1.165) is 5.56 Å². The van der Waals surface area contributed by atoms with Crippen molar-refractivity contribution < 1.29 is 9.72 Å². The van der Waals surface area contributed by atoms with Gasteiger partial charge in [-0.05, 0) is 11.6 Å². The van der Waals surface area contributed by atoms with E-state index in [1.54, 1.807) is 13.8 Å². The maximum absolute atomic E-state index is 11.8. The molecular formula is C15H18BrNO3. The third kappa shape index (κ3) is 4.89. The van der Waals surface area contributed by atoms with Crippen LogP contribution in [0, 0.1) is 22.0 Å². The van der Waals surface area contributed by atoms with Gasteiger partial charge in [-0.3, -0.25) is 14.9 Å². The van der Waals surface area contributed by atoms with E-state index >= 15 is 0 Å². The van der Waals surface area contributed by atoms with E-state index in [-0.39, 0.29) is 23.2 Å². The van der Waals surface area contributed by atoms with Crippen molar-refractivity contribution in [3.05, 3.63) is 50.5 Å². The maximum atomic E-state index is 11.8. The van der Waals surface area contributed by atoms with Gasteiger partial charge in [-0.2, -0.15) is 0 Å². The normalized spacial score (nSPS) is 14.7. The van der Waals surface area contributed by atoms with Crippen molar-refractivity contribution in [1.82, 2.24) is 0 Å². The van der Waals surface area contributed by atoms with Crippen LogP contribution in [0.5, 0.6) is 0 Å². The zero-order valence-corrected chi connectivity index (χ0v) is 13.2. The highest BCUT2D eigenvalue weighted by Crippen LogP contribution is 2.29. The summed E-state index contributed by atoms with van der Waals surface area (Å²) in [5.74, 6) is -0.771. The van der Waals surface area contributed by atoms with Crippen molar-refractivity contribution in [3.63, 3.8) is 0 Å². The molecule has 0 amide bonds. The summed E-state index contributed by atoms with van der Waals surface area (Å²) in [4.78, 5) is 22.3. The molecule has 0 aliphatic carbocycles. The Morgan fingerprint density at radius 1 is 1.40 bits per heavy atom. The largest absolute Gasteiger partial charge is 0.299 e. The molecule has 1 aromatic rings. The Hall–Kier alpha value is -1.49. The number of Topliss-reactive ketones (excluding diaryl/α,β-unsaturated/α-hetero) is 1. The van der Waals surface area contributed by atoms with Crippen molar-refractivity contribution in [3.8, 4) is 0 Å². The van der Waals surface area contributed by atoms with Crippen molar-refractivity contribution in [1.29, 1.82) is 0 Å². The van der Waals surface area contributed by atoms with Crippen molar-refractivity contribution in [2.45, 2.75) is 20.3 Å². The van der Waals surface area contributed by atoms with Crippen LogP contribution in [0.3, 0.4) is 0 Å². The highest BCUT2D eigenvalue weighted by molar-refractivity contribution is 9.11. The van der Waals surface area contributed by atoms with Gasteiger partial charge >= 0.3 is 0 Å². The number of benzene rings is 1. The van der Waals surface area contributed by atoms with Gasteiger partial charge in [-0.25, -0.2) is 0 Å². The SMILES string of the molecule is CCC(=O)[C@@H](C)[C@@H](C[N+](=O)[O-])/C(Br)=C/c1ccccc1. The minimum Gasteiger partial charge on any atom is -0.299 e. The number of rotatable bonds is 7. The van der Waals surface area contributed by atoms with Gasteiger partial charge in [0.15, 0.2) is 0 Å². The lowest BCUT2D eigenvalue weighted by Crippen LogP contribution is -2.27. The van der Waals surface area contributed by atoms with Crippen LogP contribution < -0.4 is 0 Å². The lowest BCUT2D eigenvalue weighted by atomic mass is 9.88. The van der Waals surface area contributed by atoms with Gasteiger partial charge in [0, 0.05) is 21.7 Å². The molecule has 0 N–H and O–H groups in total. The molecule has 4 nitrogen and oxygen atoms in total. The smallest absolute Gasteiger partial charge is 0.211 e. The monoisotopic (exact) mass is 339 g/mol. The Morgan fingerprint density at radius 3 is 2.50 bits per heavy atom. The van der Waals surface area contributed by atoms with Crippen molar-refractivity contribution >= 4 is 27.8 Å². The number of nitrogens with zero attached hydrogens (tertiary/aromatic N) is 1. The molecule has 0 saturated carbocycles. The standard InChI is InChI=1S/C15H18BrNO3/c1-3-15(18)11(2)13(10-17(19)20)14(16)9-12-7-5-4-6-8-12/h4-9,11,13H,3,10H2,1-2H3/b14-9-/t11-,13+/m0/s1. The van der Waals surface area contributed by atoms with Crippen LogP contribution in [-0.4, -0.2) is 17.3 Å². The van der Waals surface area contributed by atoms with Crippen molar-refractivity contribution in [2.24, 2.45) is 11.8 Å². The number of carbonyl (C=O) groups excluding carboxylic acids is 1. The second kappa shape index (κ2) is 7.94. The molecule has 0 aromatic heterocycles. The number of ketones is 1. The van der Waals surface area contributed by atoms with Gasteiger partial charge in [0.25, 0.3) is 0 Å². The zero-order chi connectivity index (χ0) is 15.1. The molecule has 5 heteroatoms. The molecule has 0 saturated heterocycles. The quantitative estimate of drug-likeness (QED) is 0.558. The Kier molecular flexibility index (Phi) is 6.58. The van der Waals surface area contributed by atoms with Crippen LogP contribution >= 0.6 is 15.9 Å². The Balaban J connectivity index is 3.01. The summed E-state index contributed by atoms with van der Waals surface area (Å²) in [6, 6.07) is 9.53. The number of halogens is 1. The van der Waals surface area contributed by atoms with Gasteiger partial charge < -0.3 is 0 Å². The molecule has 0 aliphatic heterocycles. The number of hydrogen-bond acceptors (Lipinski definition) is 3. The number of nitro groups is 1. The number of carbonyl (C=O) groups is 1. The molecule has 0 bridgehead atoms. The molecular weight excluding hydrogens is 322 g/mol. The van der Waals surface area contributed by atoms with Gasteiger partial charge in [0.05, 0.1) is 5.92 Å². The van der Waals surface area contributed by atoms with E-state index in [1.165, 1.54) is 0 Å². The fourth-order valence-corrected chi connectivity index (χ4v) is 2.81. The second-order valence-electron chi connectivity index (χ2n) is 4.67. The van der Waals surface area contributed by atoms with Gasteiger partial charge in [0.2, 0.25) is 6.54 Å². The lowest BCUT2D eigenvalue weighted by Gasteiger charge is -2.19. The predicted octanol–water partition coefficient (Wildman–Crippen LogP) is 3.93. The van der Waals surface area contributed by atoms with E-state index in [9.17, 15) is 14.9 Å². The van der Waals surface area contributed by atoms with E-state index in [0.29, 0.717) is 10.9 Å². The fourth-order valence-electron chi connectivity index (χ4n) is 2.01. The Labute approximate surface area is 127 Å². The van der Waals surface area contributed by atoms with Gasteiger partial charge in [-0.15, -0.1) is 0 Å². The molecule has 1 aromatic carbocycles. The van der Waals surface area contributed by atoms with Crippen LogP contribution in [0.2, 0.25) is 0 Å². The number of hydrogen-bond donors (Lipinski definition) is 0. The first-order chi connectivity index (χ1) is 9.45. The molecule has 0 unspecified atom stereocenters. The molecule has 0 fully saturated rings. The summed E-state index contributed by atoms with van der Waals surface area (Å²) >= 11 is 3.41. The van der Waals surface area contributed by atoms with Gasteiger partial charge in [0.1, 0.15) is 5.78 Å². The topological polar surface area (TPSA) is 60.2 Å². The molecule has 108 valence electrons. The summed E-state index contributed by atoms with van der Waals surface area (Å²) in [5.41, 5.74) is 0.948.